The number of rotatable bonds is 13. The molecule has 1 aromatic heterocycles. The van der Waals surface area contributed by atoms with Crippen molar-refractivity contribution in [1.82, 2.24) is 14.8 Å². The van der Waals surface area contributed by atoms with Crippen LogP contribution in [-0.2, 0) is 24.2 Å². The Bertz CT molecular complexity index is 1820. The average molecular weight is 618 g/mol. The fourth-order valence-electron chi connectivity index (χ4n) is 5.55. The third kappa shape index (κ3) is 7.79. The fourth-order valence-corrected chi connectivity index (χ4v) is 5.55. The zero-order chi connectivity index (χ0) is 32.6. The van der Waals surface area contributed by atoms with E-state index in [1.807, 2.05) is 98.0 Å². The molecule has 0 atom stereocenters. The number of carbonyl (C=O) groups excluding carboxylic acids is 2. The molecule has 9 heteroatoms. The summed E-state index contributed by atoms with van der Waals surface area (Å²) in [5.41, 5.74) is 5.75. The van der Waals surface area contributed by atoms with Gasteiger partial charge in [-0.15, -0.1) is 0 Å². The first-order valence-electron chi connectivity index (χ1n) is 15.4. The van der Waals surface area contributed by atoms with Gasteiger partial charge in [0.1, 0.15) is 6.54 Å². The monoisotopic (exact) mass is 617 g/mol. The number of para-hydroxylation sites is 1. The van der Waals surface area contributed by atoms with Gasteiger partial charge in [-0.25, -0.2) is 0 Å². The Labute approximate surface area is 269 Å². The van der Waals surface area contributed by atoms with Crippen LogP contribution in [-0.4, -0.2) is 65.3 Å². The number of nitrogens with zero attached hydrogens (tertiary/aromatic N) is 4. The van der Waals surface area contributed by atoms with Crippen molar-refractivity contribution >= 4 is 34.1 Å². The SMILES string of the molecule is Cc1ccc(C(=O)N(CCc2ccccc2)CC(=O)N(CCc2c[nH]c3ccccc23)Cc2ccc(N(C)C)cc2)cc1[N+](=O)[O-]. The van der Waals surface area contributed by atoms with Gasteiger partial charge in [-0.2, -0.15) is 0 Å². The van der Waals surface area contributed by atoms with Crippen LogP contribution >= 0.6 is 0 Å². The molecule has 0 fully saturated rings. The third-order valence-corrected chi connectivity index (χ3v) is 8.28. The van der Waals surface area contributed by atoms with Crippen LogP contribution in [0.2, 0.25) is 0 Å². The van der Waals surface area contributed by atoms with Crippen molar-refractivity contribution in [2.24, 2.45) is 0 Å². The van der Waals surface area contributed by atoms with Crippen LogP contribution in [0.15, 0.2) is 103 Å². The first kappa shape index (κ1) is 32.0. The highest BCUT2D eigenvalue weighted by molar-refractivity contribution is 5.97. The first-order valence-corrected chi connectivity index (χ1v) is 15.4. The van der Waals surface area contributed by atoms with E-state index in [2.05, 4.69) is 11.1 Å². The van der Waals surface area contributed by atoms with Crippen LogP contribution < -0.4 is 4.90 Å². The summed E-state index contributed by atoms with van der Waals surface area (Å²) in [5, 5.41) is 12.8. The predicted octanol–water partition coefficient (Wildman–Crippen LogP) is 6.41. The standard InChI is InChI=1S/C37H39N5O4/c1-27-13-16-30(23-35(27)42(45)46)37(44)41(21-19-28-9-5-4-6-10-28)26-36(43)40(25-29-14-17-32(18-15-29)39(2)3)22-20-31-24-38-34-12-8-7-11-33(31)34/h4-18,23-24,38H,19-22,25-26H2,1-3H3. The van der Waals surface area contributed by atoms with Crippen LogP contribution in [0.4, 0.5) is 11.4 Å². The summed E-state index contributed by atoms with van der Waals surface area (Å²) >= 11 is 0. The Balaban J connectivity index is 1.41. The Morgan fingerprint density at radius 3 is 2.22 bits per heavy atom. The molecule has 0 aliphatic heterocycles. The molecule has 46 heavy (non-hydrogen) atoms. The highest BCUT2D eigenvalue weighted by atomic mass is 16.6. The number of nitro groups is 1. The first-order chi connectivity index (χ1) is 22.2. The zero-order valence-corrected chi connectivity index (χ0v) is 26.5. The average Bonchev–Trinajstić information content (AvgIpc) is 3.48. The largest absolute Gasteiger partial charge is 0.378 e. The molecule has 4 aromatic carbocycles. The quantitative estimate of drug-likeness (QED) is 0.122. The lowest BCUT2D eigenvalue weighted by atomic mass is 10.1. The summed E-state index contributed by atoms with van der Waals surface area (Å²) in [6.45, 7) is 2.60. The van der Waals surface area contributed by atoms with Gasteiger partial charge in [0.15, 0.2) is 0 Å². The molecule has 1 N–H and O–H groups in total. The summed E-state index contributed by atoms with van der Waals surface area (Å²) in [7, 11) is 3.96. The Kier molecular flexibility index (Phi) is 10.1. The number of nitrogens with one attached hydrogen (secondary N) is 1. The second kappa shape index (κ2) is 14.6. The lowest BCUT2D eigenvalue weighted by molar-refractivity contribution is -0.385. The van der Waals surface area contributed by atoms with Gasteiger partial charge in [-0.1, -0.05) is 66.7 Å². The van der Waals surface area contributed by atoms with Crippen LogP contribution in [0, 0.1) is 17.0 Å². The maximum atomic E-state index is 14.1. The van der Waals surface area contributed by atoms with Gasteiger partial charge >= 0.3 is 0 Å². The molecule has 0 saturated heterocycles. The van der Waals surface area contributed by atoms with E-state index in [0.717, 1.165) is 33.3 Å². The van der Waals surface area contributed by atoms with E-state index >= 15 is 0 Å². The molecule has 0 unspecified atom stereocenters. The summed E-state index contributed by atoms with van der Waals surface area (Å²) in [5.74, 6) is -0.612. The number of hydrogen-bond donors (Lipinski definition) is 1. The number of aryl methyl sites for hydroxylation is 1. The van der Waals surface area contributed by atoms with Crippen LogP contribution in [0.5, 0.6) is 0 Å². The molecule has 0 bridgehead atoms. The molecule has 0 spiro atoms. The van der Waals surface area contributed by atoms with Gasteiger partial charge in [0.05, 0.1) is 4.92 Å². The van der Waals surface area contributed by atoms with Crippen LogP contribution in [0.25, 0.3) is 10.9 Å². The van der Waals surface area contributed by atoms with Crippen molar-refractivity contribution in [3.05, 3.63) is 141 Å². The molecule has 5 aromatic rings. The van der Waals surface area contributed by atoms with Crippen LogP contribution in [0.1, 0.15) is 32.6 Å². The predicted molar refractivity (Wildman–Crippen MR) is 182 cm³/mol. The third-order valence-electron chi connectivity index (χ3n) is 8.28. The summed E-state index contributed by atoms with van der Waals surface area (Å²) in [4.78, 5) is 47.8. The molecule has 5 rings (SSSR count). The maximum absolute atomic E-state index is 14.1. The second-order valence-electron chi connectivity index (χ2n) is 11.7. The van der Waals surface area contributed by atoms with E-state index in [1.165, 1.54) is 11.0 Å². The van der Waals surface area contributed by atoms with Gasteiger partial charge in [-0.3, -0.25) is 19.7 Å². The molecule has 9 nitrogen and oxygen atoms in total. The minimum Gasteiger partial charge on any atom is -0.378 e. The molecule has 2 amide bonds. The van der Waals surface area contributed by atoms with E-state index < -0.39 is 10.8 Å². The minimum absolute atomic E-state index is 0.123. The van der Waals surface area contributed by atoms with Gasteiger partial charge < -0.3 is 19.7 Å². The topological polar surface area (TPSA) is 103 Å². The Morgan fingerprint density at radius 1 is 0.804 bits per heavy atom. The Hall–Kier alpha value is -5.44. The van der Waals surface area contributed by atoms with Gasteiger partial charge in [0.25, 0.3) is 11.6 Å². The van der Waals surface area contributed by atoms with Gasteiger partial charge in [0, 0.05) is 73.7 Å². The second-order valence-corrected chi connectivity index (χ2v) is 11.7. The smallest absolute Gasteiger partial charge is 0.273 e. The molecular formula is C37H39N5O4. The summed E-state index contributed by atoms with van der Waals surface area (Å²) < 4.78 is 0. The molecular weight excluding hydrogens is 578 g/mol. The fraction of sp³-hybridized carbons (Fsp3) is 0.243. The van der Waals surface area contributed by atoms with Crippen molar-refractivity contribution in [2.45, 2.75) is 26.3 Å². The minimum atomic E-state index is -0.487. The van der Waals surface area contributed by atoms with Gasteiger partial charge in [0.2, 0.25) is 5.91 Å². The van der Waals surface area contributed by atoms with E-state index in [-0.39, 0.29) is 30.2 Å². The number of hydrogen-bond acceptors (Lipinski definition) is 5. The number of carbonyl (C=O) groups is 2. The van der Waals surface area contributed by atoms with Crippen molar-refractivity contribution in [3.8, 4) is 0 Å². The van der Waals surface area contributed by atoms with Gasteiger partial charge in [-0.05, 0) is 60.7 Å². The molecule has 0 aliphatic carbocycles. The van der Waals surface area contributed by atoms with Crippen molar-refractivity contribution < 1.29 is 14.5 Å². The van der Waals surface area contributed by atoms with Crippen molar-refractivity contribution in [2.75, 3.05) is 38.6 Å². The molecule has 236 valence electrons. The van der Waals surface area contributed by atoms with Crippen molar-refractivity contribution in [3.63, 3.8) is 0 Å². The van der Waals surface area contributed by atoms with E-state index in [4.69, 9.17) is 0 Å². The summed E-state index contributed by atoms with van der Waals surface area (Å²) in [6, 6.07) is 30.4. The zero-order valence-electron chi connectivity index (χ0n) is 26.5. The number of anilines is 1. The maximum Gasteiger partial charge on any atom is 0.273 e. The molecule has 0 aliphatic rings. The molecule has 1 heterocycles. The van der Waals surface area contributed by atoms with Crippen molar-refractivity contribution in [1.29, 1.82) is 0 Å². The number of benzene rings is 4. The number of amides is 2. The molecule has 0 radical (unpaired) electrons. The molecule has 0 saturated carbocycles. The van der Waals surface area contributed by atoms with E-state index in [1.54, 1.807) is 24.0 Å². The number of aromatic amines is 1. The number of aromatic nitrogens is 1. The Morgan fingerprint density at radius 2 is 1.50 bits per heavy atom. The normalized spacial score (nSPS) is 10.9. The lowest BCUT2D eigenvalue weighted by Crippen LogP contribution is -2.44. The summed E-state index contributed by atoms with van der Waals surface area (Å²) in [6.07, 6.45) is 3.15. The number of H-pyrrole nitrogens is 1. The van der Waals surface area contributed by atoms with E-state index in [0.29, 0.717) is 31.5 Å². The lowest BCUT2D eigenvalue weighted by Gasteiger charge is -2.28. The number of nitro benzene ring substituents is 1. The highest BCUT2D eigenvalue weighted by Crippen LogP contribution is 2.22. The van der Waals surface area contributed by atoms with Crippen LogP contribution in [0.3, 0.4) is 0 Å². The number of fused-ring (bicyclic) bond motifs is 1. The highest BCUT2D eigenvalue weighted by Gasteiger charge is 2.25. The van der Waals surface area contributed by atoms with E-state index in [9.17, 15) is 19.7 Å².